The molecule has 0 atom stereocenters. The van der Waals surface area contributed by atoms with Crippen LogP contribution in [0.2, 0.25) is 0 Å². The van der Waals surface area contributed by atoms with Gasteiger partial charge in [-0.1, -0.05) is 13.8 Å². The summed E-state index contributed by atoms with van der Waals surface area (Å²) in [6, 6.07) is 0.673. The highest BCUT2D eigenvalue weighted by Gasteiger charge is 2.08. The SMILES string of the molecule is CC(C)CCN(CCCCN)C(C)C. The summed E-state index contributed by atoms with van der Waals surface area (Å²) in [4.78, 5) is 2.57. The topological polar surface area (TPSA) is 29.3 Å². The number of rotatable bonds is 8. The summed E-state index contributed by atoms with van der Waals surface area (Å²) < 4.78 is 0. The minimum absolute atomic E-state index is 0.673. The van der Waals surface area contributed by atoms with E-state index in [9.17, 15) is 0 Å². The second-order valence-electron chi connectivity index (χ2n) is 4.81. The van der Waals surface area contributed by atoms with E-state index in [-0.39, 0.29) is 0 Å². The van der Waals surface area contributed by atoms with Gasteiger partial charge in [0.25, 0.3) is 0 Å². The fraction of sp³-hybridized carbons (Fsp3) is 1.00. The van der Waals surface area contributed by atoms with Gasteiger partial charge in [-0.3, -0.25) is 0 Å². The molecular formula is C12H28N2. The highest BCUT2D eigenvalue weighted by atomic mass is 15.1. The summed E-state index contributed by atoms with van der Waals surface area (Å²) in [6.07, 6.45) is 3.71. The van der Waals surface area contributed by atoms with E-state index in [2.05, 4.69) is 32.6 Å². The number of nitrogens with two attached hydrogens (primary N) is 1. The fourth-order valence-electron chi connectivity index (χ4n) is 1.51. The van der Waals surface area contributed by atoms with Crippen molar-refractivity contribution in [3.63, 3.8) is 0 Å². The summed E-state index contributed by atoms with van der Waals surface area (Å²) in [5.74, 6) is 0.811. The van der Waals surface area contributed by atoms with Crippen LogP contribution >= 0.6 is 0 Å². The van der Waals surface area contributed by atoms with Crippen LogP contribution in [0.15, 0.2) is 0 Å². The highest BCUT2D eigenvalue weighted by molar-refractivity contribution is 4.64. The summed E-state index contributed by atoms with van der Waals surface area (Å²) in [5, 5.41) is 0. The van der Waals surface area contributed by atoms with Crippen molar-refractivity contribution in [3.8, 4) is 0 Å². The lowest BCUT2D eigenvalue weighted by Gasteiger charge is -2.27. The van der Waals surface area contributed by atoms with Gasteiger partial charge in [-0.15, -0.1) is 0 Å². The van der Waals surface area contributed by atoms with Crippen LogP contribution in [0.3, 0.4) is 0 Å². The molecule has 0 aromatic carbocycles. The van der Waals surface area contributed by atoms with E-state index in [1.165, 1.54) is 25.9 Å². The zero-order chi connectivity index (χ0) is 11.0. The van der Waals surface area contributed by atoms with E-state index < -0.39 is 0 Å². The molecule has 0 saturated heterocycles. The van der Waals surface area contributed by atoms with Gasteiger partial charge in [0.2, 0.25) is 0 Å². The average Bonchev–Trinajstić information content (AvgIpc) is 2.10. The normalized spacial score (nSPS) is 12.0. The first-order chi connectivity index (χ1) is 6.57. The quantitative estimate of drug-likeness (QED) is 0.610. The maximum absolute atomic E-state index is 5.49. The molecule has 0 unspecified atom stereocenters. The largest absolute Gasteiger partial charge is 0.330 e. The maximum atomic E-state index is 5.49. The Kier molecular flexibility index (Phi) is 8.20. The molecule has 0 bridgehead atoms. The van der Waals surface area contributed by atoms with Gasteiger partial charge in [0, 0.05) is 6.04 Å². The third kappa shape index (κ3) is 7.34. The summed E-state index contributed by atoms with van der Waals surface area (Å²) >= 11 is 0. The first-order valence-corrected chi connectivity index (χ1v) is 6.02. The molecule has 0 heterocycles. The molecule has 0 fully saturated rings. The number of hydrogen-bond acceptors (Lipinski definition) is 2. The van der Waals surface area contributed by atoms with Crippen LogP contribution in [0.1, 0.15) is 47.0 Å². The lowest BCUT2D eigenvalue weighted by atomic mass is 10.1. The lowest BCUT2D eigenvalue weighted by molar-refractivity contribution is 0.206. The predicted octanol–water partition coefficient (Wildman–Crippen LogP) is 2.48. The van der Waals surface area contributed by atoms with Crippen LogP contribution in [0.25, 0.3) is 0 Å². The van der Waals surface area contributed by atoms with Crippen LogP contribution in [0.4, 0.5) is 0 Å². The average molecular weight is 200 g/mol. The van der Waals surface area contributed by atoms with E-state index in [0.29, 0.717) is 6.04 Å². The van der Waals surface area contributed by atoms with E-state index >= 15 is 0 Å². The Labute approximate surface area is 89.9 Å². The Morgan fingerprint density at radius 1 is 1.00 bits per heavy atom. The van der Waals surface area contributed by atoms with Crippen LogP contribution in [-0.4, -0.2) is 30.6 Å². The highest BCUT2D eigenvalue weighted by Crippen LogP contribution is 2.06. The van der Waals surface area contributed by atoms with Crippen molar-refractivity contribution < 1.29 is 0 Å². The first kappa shape index (κ1) is 13.9. The molecule has 0 aromatic rings. The van der Waals surface area contributed by atoms with E-state index in [1.807, 2.05) is 0 Å². The standard InChI is InChI=1S/C12H28N2/c1-11(2)7-10-14(12(3)4)9-6-5-8-13/h11-12H,5-10,13H2,1-4H3. The van der Waals surface area contributed by atoms with Crippen molar-refractivity contribution in [2.45, 2.75) is 53.0 Å². The van der Waals surface area contributed by atoms with Crippen LogP contribution < -0.4 is 5.73 Å². The van der Waals surface area contributed by atoms with Crippen molar-refractivity contribution in [2.75, 3.05) is 19.6 Å². The van der Waals surface area contributed by atoms with Gasteiger partial charge in [0.15, 0.2) is 0 Å². The molecule has 0 aliphatic heterocycles. The summed E-state index contributed by atoms with van der Waals surface area (Å²) in [5.41, 5.74) is 5.49. The van der Waals surface area contributed by atoms with Gasteiger partial charge in [-0.25, -0.2) is 0 Å². The van der Waals surface area contributed by atoms with Crippen molar-refractivity contribution in [1.29, 1.82) is 0 Å². The van der Waals surface area contributed by atoms with Crippen molar-refractivity contribution in [3.05, 3.63) is 0 Å². The maximum Gasteiger partial charge on any atom is 0.00385 e. The molecule has 0 aromatic heterocycles. The lowest BCUT2D eigenvalue weighted by Crippen LogP contribution is -2.33. The third-order valence-electron chi connectivity index (χ3n) is 2.62. The monoisotopic (exact) mass is 200 g/mol. The Morgan fingerprint density at radius 3 is 2.07 bits per heavy atom. The predicted molar refractivity (Wildman–Crippen MR) is 64.5 cm³/mol. The minimum Gasteiger partial charge on any atom is -0.330 e. The van der Waals surface area contributed by atoms with Crippen LogP contribution in [0, 0.1) is 5.92 Å². The molecule has 0 aliphatic rings. The van der Waals surface area contributed by atoms with E-state index in [1.54, 1.807) is 0 Å². The molecule has 2 heteroatoms. The van der Waals surface area contributed by atoms with Gasteiger partial charge in [-0.2, -0.15) is 0 Å². The first-order valence-electron chi connectivity index (χ1n) is 6.02. The van der Waals surface area contributed by atoms with Crippen molar-refractivity contribution in [2.24, 2.45) is 11.7 Å². The fourth-order valence-corrected chi connectivity index (χ4v) is 1.51. The molecule has 0 amide bonds. The van der Waals surface area contributed by atoms with Gasteiger partial charge >= 0.3 is 0 Å². The van der Waals surface area contributed by atoms with Gasteiger partial charge in [0.05, 0.1) is 0 Å². The molecule has 86 valence electrons. The molecule has 0 rings (SSSR count). The Morgan fingerprint density at radius 2 is 1.64 bits per heavy atom. The van der Waals surface area contributed by atoms with Crippen molar-refractivity contribution in [1.82, 2.24) is 4.90 Å². The van der Waals surface area contributed by atoms with Crippen LogP contribution in [0.5, 0.6) is 0 Å². The van der Waals surface area contributed by atoms with Gasteiger partial charge < -0.3 is 10.6 Å². The Bertz CT molecular complexity index is 121. The second-order valence-corrected chi connectivity index (χ2v) is 4.81. The van der Waals surface area contributed by atoms with Crippen LogP contribution in [-0.2, 0) is 0 Å². The van der Waals surface area contributed by atoms with Crippen molar-refractivity contribution >= 4 is 0 Å². The summed E-state index contributed by atoms with van der Waals surface area (Å²) in [6.45, 7) is 12.4. The zero-order valence-electron chi connectivity index (χ0n) is 10.4. The molecule has 0 spiro atoms. The molecule has 2 N–H and O–H groups in total. The number of hydrogen-bond donors (Lipinski definition) is 1. The second kappa shape index (κ2) is 8.25. The molecule has 0 aliphatic carbocycles. The van der Waals surface area contributed by atoms with Gasteiger partial charge in [0.1, 0.15) is 0 Å². The third-order valence-corrected chi connectivity index (χ3v) is 2.62. The molecule has 2 nitrogen and oxygen atoms in total. The minimum atomic E-state index is 0.673. The molecule has 0 radical (unpaired) electrons. The molecular weight excluding hydrogens is 172 g/mol. The number of nitrogens with zero attached hydrogens (tertiary/aromatic N) is 1. The Balaban J connectivity index is 3.66. The summed E-state index contributed by atoms with van der Waals surface area (Å²) in [7, 11) is 0. The smallest absolute Gasteiger partial charge is 0.00385 e. The molecule has 0 saturated carbocycles. The number of unbranched alkanes of at least 4 members (excludes halogenated alkanes) is 1. The molecule has 14 heavy (non-hydrogen) atoms. The zero-order valence-corrected chi connectivity index (χ0v) is 10.4. The Hall–Kier alpha value is -0.0800. The van der Waals surface area contributed by atoms with E-state index in [0.717, 1.165) is 18.9 Å². The van der Waals surface area contributed by atoms with Gasteiger partial charge in [-0.05, 0) is 58.7 Å². The van der Waals surface area contributed by atoms with E-state index in [4.69, 9.17) is 5.73 Å².